The standard InChI is InChI=1S/C48H66O4/c1-42(2,3)34-18-16-33(17-19-34)40(49)52-35-28-44(6,7)38-22-23-47(10)39(45(38,8)29-35)21-20-36-37-30-43(4,5)24-26-48(37,27-25-46(36,47)9)41(50)51-31-32-14-12-11-13-15-32/h11-20,35,37-39H,21-31H2,1-10H3/t35-,37?,38?,39?,45+,46-,47-,48+/m1/s1. The summed E-state index contributed by atoms with van der Waals surface area (Å²) < 4.78 is 12.7. The lowest BCUT2D eigenvalue weighted by Gasteiger charge is -2.71. The van der Waals surface area contributed by atoms with Crippen LogP contribution in [0.1, 0.15) is 155 Å². The molecule has 4 heteroatoms. The Morgan fingerprint density at radius 2 is 1.44 bits per heavy atom. The molecule has 0 amide bonds. The fourth-order valence-electron chi connectivity index (χ4n) is 13.1. The minimum Gasteiger partial charge on any atom is -0.460 e. The van der Waals surface area contributed by atoms with Gasteiger partial charge < -0.3 is 9.47 Å². The molecule has 5 aliphatic carbocycles. The number of carbonyl (C=O) groups is 2. The van der Waals surface area contributed by atoms with Crippen molar-refractivity contribution in [1.82, 2.24) is 0 Å². The van der Waals surface area contributed by atoms with Crippen LogP contribution in [0.4, 0.5) is 0 Å². The average Bonchev–Trinajstić information content (AvgIpc) is 3.06. The molecule has 282 valence electrons. The van der Waals surface area contributed by atoms with Crippen LogP contribution in [0.2, 0.25) is 0 Å². The smallest absolute Gasteiger partial charge is 0.338 e. The lowest BCUT2D eigenvalue weighted by atomic mass is 9.33. The highest BCUT2D eigenvalue weighted by Gasteiger charge is 2.69. The van der Waals surface area contributed by atoms with Crippen molar-refractivity contribution in [2.24, 2.45) is 50.2 Å². The predicted octanol–water partition coefficient (Wildman–Crippen LogP) is 12.1. The van der Waals surface area contributed by atoms with Gasteiger partial charge in [-0.3, -0.25) is 4.79 Å². The van der Waals surface area contributed by atoms with Crippen molar-refractivity contribution >= 4 is 11.9 Å². The van der Waals surface area contributed by atoms with Gasteiger partial charge in [-0.2, -0.15) is 0 Å². The summed E-state index contributed by atoms with van der Waals surface area (Å²) in [5.41, 5.74) is 4.46. The number of rotatable bonds is 5. The summed E-state index contributed by atoms with van der Waals surface area (Å²) in [6.07, 6.45) is 12.7. The molecule has 7 rings (SSSR count). The zero-order chi connectivity index (χ0) is 37.5. The third-order valence-corrected chi connectivity index (χ3v) is 16.1. The van der Waals surface area contributed by atoms with Crippen molar-refractivity contribution in [3.05, 3.63) is 82.9 Å². The fourth-order valence-corrected chi connectivity index (χ4v) is 13.1. The van der Waals surface area contributed by atoms with Gasteiger partial charge in [0.25, 0.3) is 0 Å². The van der Waals surface area contributed by atoms with E-state index in [1.807, 2.05) is 42.5 Å². The SMILES string of the molecule is CC1(C)CC[C@]2(C(=O)OCc3ccccc3)CC[C@]3(C)C(=CCC4[C@@]5(C)C[C@H](OC(=O)c6ccc(C(C)(C)C)cc6)CC(C)(C)C5CC[C@]43C)C2C1. The average molecular weight is 707 g/mol. The lowest BCUT2D eigenvalue weighted by Crippen LogP contribution is -2.65. The summed E-state index contributed by atoms with van der Waals surface area (Å²) in [5, 5.41) is 0. The molecule has 4 saturated carbocycles. The largest absolute Gasteiger partial charge is 0.460 e. The Bertz CT molecular complexity index is 1710. The van der Waals surface area contributed by atoms with Crippen LogP contribution in [0.3, 0.4) is 0 Å². The van der Waals surface area contributed by atoms with E-state index in [2.05, 4.69) is 87.4 Å². The van der Waals surface area contributed by atoms with Gasteiger partial charge >= 0.3 is 11.9 Å². The zero-order valence-corrected chi connectivity index (χ0v) is 34.0. The Hall–Kier alpha value is -2.88. The van der Waals surface area contributed by atoms with Crippen molar-refractivity contribution in [3.8, 4) is 0 Å². The van der Waals surface area contributed by atoms with Crippen molar-refractivity contribution in [2.75, 3.05) is 0 Å². The third-order valence-electron chi connectivity index (χ3n) is 16.1. The number of hydrogen-bond donors (Lipinski definition) is 0. The van der Waals surface area contributed by atoms with Gasteiger partial charge in [0.1, 0.15) is 12.7 Å². The van der Waals surface area contributed by atoms with Gasteiger partial charge in [-0.15, -0.1) is 0 Å². The van der Waals surface area contributed by atoms with Gasteiger partial charge in [0, 0.05) is 0 Å². The number of fused-ring (bicyclic) bond motifs is 7. The fraction of sp³-hybridized carbons (Fsp3) is 0.667. The number of benzene rings is 2. The van der Waals surface area contributed by atoms with Crippen LogP contribution in [0.5, 0.6) is 0 Å². The minimum absolute atomic E-state index is 0.00770. The molecule has 4 fully saturated rings. The van der Waals surface area contributed by atoms with E-state index in [4.69, 9.17) is 9.47 Å². The van der Waals surface area contributed by atoms with Gasteiger partial charge in [-0.05, 0) is 138 Å². The second-order valence-corrected chi connectivity index (χ2v) is 21.2. The van der Waals surface area contributed by atoms with Crippen molar-refractivity contribution < 1.29 is 19.1 Å². The van der Waals surface area contributed by atoms with Crippen LogP contribution in [0, 0.1) is 50.2 Å². The summed E-state index contributed by atoms with van der Waals surface area (Å²) in [4.78, 5) is 28.0. The second kappa shape index (κ2) is 12.6. The van der Waals surface area contributed by atoms with E-state index in [0.29, 0.717) is 24.0 Å². The second-order valence-electron chi connectivity index (χ2n) is 21.2. The molecule has 0 N–H and O–H groups in total. The monoisotopic (exact) mass is 706 g/mol. The minimum atomic E-state index is -0.447. The quantitative estimate of drug-likeness (QED) is 0.229. The molecule has 0 heterocycles. The number of carbonyl (C=O) groups excluding carboxylic acids is 2. The predicted molar refractivity (Wildman–Crippen MR) is 210 cm³/mol. The van der Waals surface area contributed by atoms with Crippen molar-refractivity contribution in [3.63, 3.8) is 0 Å². The Kier molecular flexibility index (Phi) is 9.06. The van der Waals surface area contributed by atoms with E-state index < -0.39 is 5.41 Å². The molecular weight excluding hydrogens is 641 g/mol. The summed E-state index contributed by atoms with van der Waals surface area (Å²) in [5.74, 6) is 1.09. The molecule has 0 radical (unpaired) electrons. The maximum Gasteiger partial charge on any atom is 0.338 e. The molecule has 8 atom stereocenters. The van der Waals surface area contributed by atoms with Gasteiger partial charge in [-0.25, -0.2) is 4.79 Å². The number of esters is 2. The third kappa shape index (κ3) is 6.01. The van der Waals surface area contributed by atoms with Crippen molar-refractivity contribution in [2.45, 2.75) is 152 Å². The van der Waals surface area contributed by atoms with E-state index in [1.165, 1.54) is 18.4 Å². The number of ether oxygens (including phenoxy) is 2. The molecule has 0 bridgehead atoms. The summed E-state index contributed by atoms with van der Waals surface area (Å²) in [6.45, 7) is 24.4. The van der Waals surface area contributed by atoms with E-state index in [9.17, 15) is 9.59 Å². The first kappa shape index (κ1) is 37.4. The first-order chi connectivity index (χ1) is 24.2. The van der Waals surface area contributed by atoms with Gasteiger partial charge in [0.05, 0.1) is 11.0 Å². The molecule has 2 aromatic carbocycles. The van der Waals surface area contributed by atoms with Crippen molar-refractivity contribution in [1.29, 1.82) is 0 Å². The molecule has 52 heavy (non-hydrogen) atoms. The van der Waals surface area contributed by atoms with E-state index >= 15 is 0 Å². The lowest BCUT2D eigenvalue weighted by molar-refractivity contribution is -0.202. The normalized spacial score (nSPS) is 37.6. The molecule has 3 unspecified atom stereocenters. The number of allylic oxidation sites excluding steroid dienone is 2. The number of hydrogen-bond acceptors (Lipinski definition) is 4. The van der Waals surface area contributed by atoms with Crippen LogP contribution in [-0.2, 0) is 26.3 Å². The maximum absolute atomic E-state index is 14.4. The highest BCUT2D eigenvalue weighted by atomic mass is 16.5. The highest BCUT2D eigenvalue weighted by Crippen LogP contribution is 2.76. The Morgan fingerprint density at radius 1 is 0.769 bits per heavy atom. The molecule has 0 aliphatic heterocycles. The molecule has 2 aromatic rings. The van der Waals surface area contributed by atoms with Crippen LogP contribution in [0.15, 0.2) is 66.2 Å². The van der Waals surface area contributed by atoms with Gasteiger partial charge in [0.2, 0.25) is 0 Å². The van der Waals surface area contributed by atoms with Crippen LogP contribution < -0.4 is 0 Å². The Morgan fingerprint density at radius 3 is 2.12 bits per heavy atom. The molecule has 0 saturated heterocycles. The van der Waals surface area contributed by atoms with E-state index in [-0.39, 0.29) is 56.5 Å². The Balaban J connectivity index is 1.18. The molecule has 0 spiro atoms. The van der Waals surface area contributed by atoms with E-state index in [0.717, 1.165) is 56.9 Å². The molecule has 4 nitrogen and oxygen atoms in total. The van der Waals surface area contributed by atoms with Crippen LogP contribution in [0.25, 0.3) is 0 Å². The first-order valence-corrected chi connectivity index (χ1v) is 20.5. The van der Waals surface area contributed by atoms with Crippen LogP contribution in [-0.4, -0.2) is 18.0 Å². The molecule has 0 aromatic heterocycles. The van der Waals surface area contributed by atoms with E-state index in [1.54, 1.807) is 5.57 Å². The molecular formula is C48H66O4. The molecule has 5 aliphatic rings. The van der Waals surface area contributed by atoms with Gasteiger partial charge in [0.15, 0.2) is 0 Å². The maximum atomic E-state index is 14.4. The first-order valence-electron chi connectivity index (χ1n) is 20.5. The summed E-state index contributed by atoms with van der Waals surface area (Å²) in [6, 6.07) is 18.2. The Labute approximate surface area is 314 Å². The topological polar surface area (TPSA) is 52.6 Å². The summed E-state index contributed by atoms with van der Waals surface area (Å²) in [7, 11) is 0. The van der Waals surface area contributed by atoms with Crippen LogP contribution >= 0.6 is 0 Å². The summed E-state index contributed by atoms with van der Waals surface area (Å²) >= 11 is 0. The highest BCUT2D eigenvalue weighted by molar-refractivity contribution is 5.89. The zero-order valence-electron chi connectivity index (χ0n) is 34.0. The van der Waals surface area contributed by atoms with Gasteiger partial charge in [-0.1, -0.05) is 123 Å².